The molecule has 0 bridgehead atoms. The molecule has 15 heavy (non-hydrogen) atoms. The van der Waals surface area contributed by atoms with Crippen molar-refractivity contribution in [2.75, 3.05) is 12.4 Å². The first-order chi connectivity index (χ1) is 7.28. The molecule has 0 aliphatic rings. The summed E-state index contributed by atoms with van der Waals surface area (Å²) in [6, 6.07) is 1.90. The largest absolute Gasteiger partial charge is 0.357 e. The first-order valence-corrected chi connectivity index (χ1v) is 5.16. The summed E-state index contributed by atoms with van der Waals surface area (Å²) in [5.41, 5.74) is 0.913. The predicted octanol–water partition coefficient (Wildman–Crippen LogP) is 1.10. The topological polar surface area (TPSA) is 79.4 Å². The average Bonchev–Trinajstić information content (AvgIpc) is 2.69. The number of nitrogens with one attached hydrogen (secondary N) is 2. The predicted molar refractivity (Wildman–Crippen MR) is 56.8 cm³/mol. The molecule has 2 aromatic heterocycles. The molecule has 7 heteroatoms. The van der Waals surface area contributed by atoms with Gasteiger partial charge in [0.05, 0.1) is 0 Å². The van der Waals surface area contributed by atoms with E-state index in [1.807, 2.05) is 13.0 Å². The number of H-pyrrole nitrogens is 1. The van der Waals surface area contributed by atoms with E-state index in [0.29, 0.717) is 5.95 Å². The van der Waals surface area contributed by atoms with Crippen LogP contribution in [0.25, 0.3) is 0 Å². The van der Waals surface area contributed by atoms with Crippen LogP contribution in [-0.2, 0) is 0 Å². The normalized spacial score (nSPS) is 10.3. The molecule has 0 radical (unpaired) electrons. The Balaban J connectivity index is 2.24. The van der Waals surface area contributed by atoms with Gasteiger partial charge in [-0.15, -0.1) is 0 Å². The zero-order valence-electron chi connectivity index (χ0n) is 8.35. The van der Waals surface area contributed by atoms with Crippen molar-refractivity contribution in [3.63, 3.8) is 0 Å². The summed E-state index contributed by atoms with van der Waals surface area (Å²) in [5.74, 6) is 0.608. The Bertz CT molecular complexity index is 440. The van der Waals surface area contributed by atoms with Crippen LogP contribution >= 0.6 is 11.8 Å². The van der Waals surface area contributed by atoms with E-state index in [9.17, 15) is 0 Å². The average molecular weight is 222 g/mol. The monoisotopic (exact) mass is 222 g/mol. The Hall–Kier alpha value is -1.63. The van der Waals surface area contributed by atoms with Crippen molar-refractivity contribution in [1.29, 1.82) is 0 Å². The fourth-order valence-corrected chi connectivity index (χ4v) is 1.80. The smallest absolute Gasteiger partial charge is 0.223 e. The van der Waals surface area contributed by atoms with Crippen LogP contribution in [0.2, 0.25) is 0 Å². The molecule has 0 amide bonds. The Kier molecular flexibility index (Phi) is 2.82. The molecule has 0 aliphatic heterocycles. The summed E-state index contributed by atoms with van der Waals surface area (Å²) in [5, 5.41) is 11.0. The molecule has 0 saturated carbocycles. The van der Waals surface area contributed by atoms with E-state index in [2.05, 4.69) is 30.5 Å². The number of nitrogens with zero attached hydrogens (tertiary/aromatic N) is 4. The van der Waals surface area contributed by atoms with Gasteiger partial charge in [0, 0.05) is 12.7 Å². The maximum absolute atomic E-state index is 4.28. The highest BCUT2D eigenvalue weighted by Gasteiger charge is 2.04. The van der Waals surface area contributed by atoms with Crippen LogP contribution in [0.3, 0.4) is 0 Å². The van der Waals surface area contributed by atoms with E-state index in [1.54, 1.807) is 7.05 Å². The van der Waals surface area contributed by atoms with E-state index in [0.717, 1.165) is 15.9 Å². The van der Waals surface area contributed by atoms with Crippen molar-refractivity contribution in [3.05, 3.63) is 18.1 Å². The highest BCUT2D eigenvalue weighted by Crippen LogP contribution is 2.22. The van der Waals surface area contributed by atoms with Gasteiger partial charge in [-0.25, -0.2) is 15.0 Å². The fourth-order valence-electron chi connectivity index (χ4n) is 1.05. The van der Waals surface area contributed by atoms with Gasteiger partial charge in [-0.1, -0.05) is 0 Å². The minimum atomic E-state index is 0.608. The molecule has 2 N–H and O–H groups in total. The van der Waals surface area contributed by atoms with Crippen molar-refractivity contribution in [3.8, 4) is 0 Å². The molecule has 2 aromatic rings. The molecule has 6 nitrogen and oxygen atoms in total. The zero-order chi connectivity index (χ0) is 10.7. The summed E-state index contributed by atoms with van der Waals surface area (Å²) >= 11 is 1.42. The molecular weight excluding hydrogens is 212 g/mol. The Morgan fingerprint density at radius 2 is 2.27 bits per heavy atom. The second-order valence-electron chi connectivity index (χ2n) is 2.81. The SMILES string of the molecule is CNc1nc(C)cc(Sc2ncn[nH]2)n1. The van der Waals surface area contributed by atoms with Crippen LogP contribution in [0.4, 0.5) is 5.95 Å². The quantitative estimate of drug-likeness (QED) is 0.757. The van der Waals surface area contributed by atoms with Crippen LogP contribution in [-0.4, -0.2) is 32.2 Å². The van der Waals surface area contributed by atoms with Gasteiger partial charge in [0.1, 0.15) is 11.4 Å². The number of anilines is 1. The lowest BCUT2D eigenvalue weighted by Gasteiger charge is -2.02. The number of aromatic nitrogens is 5. The third-order valence-electron chi connectivity index (χ3n) is 1.65. The van der Waals surface area contributed by atoms with Gasteiger partial charge in [0.15, 0.2) is 5.16 Å². The number of aryl methyl sites for hydroxylation is 1. The zero-order valence-corrected chi connectivity index (χ0v) is 9.17. The van der Waals surface area contributed by atoms with E-state index in [1.165, 1.54) is 18.1 Å². The summed E-state index contributed by atoms with van der Waals surface area (Å²) in [4.78, 5) is 12.5. The number of hydrogen-bond donors (Lipinski definition) is 2. The molecule has 0 unspecified atom stereocenters. The van der Waals surface area contributed by atoms with Crippen molar-refractivity contribution in [2.45, 2.75) is 17.1 Å². The molecule has 2 heterocycles. The standard InChI is InChI=1S/C8H10N6S/c1-5-3-6(13-7(9-2)12-5)15-8-10-4-11-14-8/h3-4H,1-2H3,(H,9,12,13)(H,10,11,14). The lowest BCUT2D eigenvalue weighted by Crippen LogP contribution is -1.98. The highest BCUT2D eigenvalue weighted by atomic mass is 32.2. The summed E-state index contributed by atoms with van der Waals surface area (Å²) in [6.07, 6.45) is 1.47. The van der Waals surface area contributed by atoms with Crippen molar-refractivity contribution < 1.29 is 0 Å². The van der Waals surface area contributed by atoms with Gasteiger partial charge < -0.3 is 5.32 Å². The maximum Gasteiger partial charge on any atom is 0.223 e. The van der Waals surface area contributed by atoms with Gasteiger partial charge in [0.2, 0.25) is 5.95 Å². The minimum absolute atomic E-state index is 0.608. The Labute approximate surface area is 90.9 Å². The van der Waals surface area contributed by atoms with Gasteiger partial charge in [-0.05, 0) is 24.8 Å². The molecule has 0 saturated heterocycles. The third-order valence-corrected chi connectivity index (χ3v) is 2.46. The highest BCUT2D eigenvalue weighted by molar-refractivity contribution is 7.99. The van der Waals surface area contributed by atoms with Crippen LogP contribution in [0.5, 0.6) is 0 Å². The fraction of sp³-hybridized carbons (Fsp3) is 0.250. The molecule has 0 spiro atoms. The summed E-state index contributed by atoms with van der Waals surface area (Å²) in [7, 11) is 1.79. The number of rotatable bonds is 3. The first-order valence-electron chi connectivity index (χ1n) is 4.34. The Morgan fingerprint density at radius 3 is 2.93 bits per heavy atom. The molecule has 78 valence electrons. The van der Waals surface area contributed by atoms with Crippen LogP contribution in [0.1, 0.15) is 5.69 Å². The van der Waals surface area contributed by atoms with Gasteiger partial charge in [-0.2, -0.15) is 5.10 Å². The summed E-state index contributed by atoms with van der Waals surface area (Å²) < 4.78 is 0. The minimum Gasteiger partial charge on any atom is -0.357 e. The van der Waals surface area contributed by atoms with Crippen LogP contribution in [0.15, 0.2) is 22.6 Å². The van der Waals surface area contributed by atoms with Crippen LogP contribution < -0.4 is 5.32 Å². The lowest BCUT2D eigenvalue weighted by atomic mass is 10.5. The molecule has 0 fully saturated rings. The van der Waals surface area contributed by atoms with E-state index in [-0.39, 0.29) is 0 Å². The lowest BCUT2D eigenvalue weighted by molar-refractivity contribution is 0.957. The van der Waals surface area contributed by atoms with Gasteiger partial charge in [-0.3, -0.25) is 5.10 Å². The first kappa shape index (κ1) is 9.91. The van der Waals surface area contributed by atoms with Gasteiger partial charge >= 0.3 is 0 Å². The van der Waals surface area contributed by atoms with Crippen molar-refractivity contribution in [1.82, 2.24) is 25.1 Å². The van der Waals surface area contributed by atoms with E-state index in [4.69, 9.17) is 0 Å². The second-order valence-corrected chi connectivity index (χ2v) is 3.82. The third kappa shape index (κ3) is 2.44. The van der Waals surface area contributed by atoms with Crippen molar-refractivity contribution in [2.24, 2.45) is 0 Å². The number of aromatic amines is 1. The van der Waals surface area contributed by atoms with Crippen molar-refractivity contribution >= 4 is 17.7 Å². The second kappa shape index (κ2) is 4.26. The molecule has 0 atom stereocenters. The van der Waals surface area contributed by atoms with Crippen LogP contribution in [0, 0.1) is 6.92 Å². The maximum atomic E-state index is 4.28. The molecule has 2 rings (SSSR count). The van der Waals surface area contributed by atoms with E-state index >= 15 is 0 Å². The molecular formula is C8H10N6S. The Morgan fingerprint density at radius 1 is 1.40 bits per heavy atom. The molecule has 0 aliphatic carbocycles. The number of hydrogen-bond acceptors (Lipinski definition) is 6. The molecule has 0 aromatic carbocycles. The van der Waals surface area contributed by atoms with E-state index < -0.39 is 0 Å². The summed E-state index contributed by atoms with van der Waals surface area (Å²) in [6.45, 7) is 1.92. The van der Waals surface area contributed by atoms with Gasteiger partial charge in [0.25, 0.3) is 0 Å².